The predicted octanol–water partition coefficient (Wildman–Crippen LogP) is 0.636. The quantitative estimate of drug-likeness (QED) is 0.458. The number of hydrogen-bond acceptors (Lipinski definition) is 4. The number of aromatic nitrogens is 1. The molecule has 23 heavy (non-hydrogen) atoms. The van der Waals surface area contributed by atoms with Crippen molar-refractivity contribution >= 4 is 36.2 Å². The van der Waals surface area contributed by atoms with Crippen molar-refractivity contribution in [2.24, 2.45) is 0 Å². The van der Waals surface area contributed by atoms with Crippen LogP contribution in [0.3, 0.4) is 0 Å². The van der Waals surface area contributed by atoms with Crippen LogP contribution in [0.4, 0.5) is 5.69 Å². The normalized spacial score (nSPS) is 10.2. The summed E-state index contributed by atoms with van der Waals surface area (Å²) in [4.78, 5) is 14.7. The van der Waals surface area contributed by atoms with Gasteiger partial charge < -0.3 is 0 Å². The summed E-state index contributed by atoms with van der Waals surface area (Å²) >= 11 is -5.15. The third-order valence-corrected chi connectivity index (χ3v) is 4.61. The second-order valence-electron chi connectivity index (χ2n) is 4.36. The Balaban J connectivity index is 0.000000277. The van der Waals surface area contributed by atoms with E-state index in [1.165, 1.54) is 19.1 Å². The maximum absolute atomic E-state index is 11.0. The molecule has 0 bridgehead atoms. The van der Waals surface area contributed by atoms with Crippen molar-refractivity contribution in [3.8, 4) is 5.75 Å². The summed E-state index contributed by atoms with van der Waals surface area (Å²) in [6.07, 6.45) is 3.47. The molecule has 2 rings (SSSR count). The van der Waals surface area contributed by atoms with E-state index in [-0.39, 0.29) is 5.69 Å². The van der Waals surface area contributed by atoms with Crippen molar-refractivity contribution in [1.29, 1.82) is 0 Å². The third kappa shape index (κ3) is 6.12. The van der Waals surface area contributed by atoms with Crippen molar-refractivity contribution in [3.05, 3.63) is 54.9 Å². The van der Waals surface area contributed by atoms with E-state index in [1.807, 2.05) is 18.2 Å². The van der Waals surface area contributed by atoms with Crippen molar-refractivity contribution in [2.45, 2.75) is 6.92 Å². The fourth-order valence-corrected chi connectivity index (χ4v) is 2.97. The van der Waals surface area contributed by atoms with E-state index in [4.69, 9.17) is 8.19 Å². The molecule has 2 aromatic rings. The van der Waals surface area contributed by atoms with Crippen molar-refractivity contribution in [3.63, 3.8) is 0 Å². The molecule has 0 spiro atoms. The third-order valence-electron chi connectivity index (χ3n) is 2.54. The number of hydrogen-bond donors (Lipinski definition) is 4. The van der Waals surface area contributed by atoms with Crippen molar-refractivity contribution < 1.29 is 21.8 Å². The number of para-hydroxylation sites is 1. The molecular formula is C15H17AsN2O5. The van der Waals surface area contributed by atoms with E-state index in [0.29, 0.717) is 0 Å². The molecule has 0 aliphatic carbocycles. The Morgan fingerprint density at radius 2 is 1.96 bits per heavy atom. The first kappa shape index (κ1) is 18.7. The van der Waals surface area contributed by atoms with Gasteiger partial charge in [-0.2, -0.15) is 0 Å². The maximum atomic E-state index is 11.0. The minimum atomic E-state index is -5.15. The van der Waals surface area contributed by atoms with Crippen LogP contribution >= 0.6 is 0 Å². The van der Waals surface area contributed by atoms with Gasteiger partial charge in [-0.3, -0.25) is 4.98 Å². The van der Waals surface area contributed by atoms with E-state index < -0.39 is 30.2 Å². The summed E-state index contributed by atoms with van der Waals surface area (Å²) in [5.41, 5.74) is 0.914. The standard InChI is InChI=1S/C8H10AsNO5.C7H7N/c1-5(11)10-7-4-2-3-6(8(7)12)9(13,14)15;1-2-7-5-3-4-6-8-7/h2-4,12H,1H3,(H,10,11)(H2,13,14,15);2-6H,1H2. The number of benzene rings is 1. The predicted molar refractivity (Wildman–Crippen MR) is 87.3 cm³/mol. The van der Waals surface area contributed by atoms with Gasteiger partial charge in [0.25, 0.3) is 0 Å². The van der Waals surface area contributed by atoms with Crippen LogP contribution in [0.1, 0.15) is 12.6 Å². The molecule has 1 amide bonds. The van der Waals surface area contributed by atoms with E-state index in [1.54, 1.807) is 12.3 Å². The Morgan fingerprint density at radius 1 is 1.26 bits per heavy atom. The fraction of sp³-hybridized carbons (Fsp3) is 0.0667. The molecule has 0 atom stereocenters. The second-order valence-corrected chi connectivity index (χ2v) is 7.65. The van der Waals surface area contributed by atoms with Gasteiger partial charge in [-0.15, -0.1) is 0 Å². The molecule has 1 aromatic carbocycles. The topological polar surface area (TPSA) is 120 Å². The van der Waals surface area contributed by atoms with E-state index in [2.05, 4.69) is 16.9 Å². The van der Waals surface area contributed by atoms with Gasteiger partial charge in [-0.1, -0.05) is 12.6 Å². The SMILES string of the molecule is C=Cc1ccccn1.CC(=O)Nc1cccc([As](=O)(O)O)c1O. The molecule has 8 heteroatoms. The average molecular weight is 380 g/mol. The summed E-state index contributed by atoms with van der Waals surface area (Å²) in [6.45, 7) is 4.80. The number of nitrogens with zero attached hydrogens (tertiary/aromatic N) is 1. The van der Waals surface area contributed by atoms with Gasteiger partial charge in [0.2, 0.25) is 0 Å². The number of nitrogens with one attached hydrogen (secondary N) is 1. The summed E-state index contributed by atoms with van der Waals surface area (Å²) in [5.74, 6) is -1.01. The molecule has 0 saturated carbocycles. The number of amides is 1. The number of carbonyl (C=O) groups excluding carboxylic acids is 1. The number of carbonyl (C=O) groups is 1. The van der Waals surface area contributed by atoms with Gasteiger partial charge in [0.1, 0.15) is 0 Å². The molecule has 0 unspecified atom stereocenters. The first-order valence-corrected chi connectivity index (χ1v) is 9.83. The van der Waals surface area contributed by atoms with Gasteiger partial charge in [-0.25, -0.2) is 0 Å². The Hall–Kier alpha value is -2.34. The molecule has 122 valence electrons. The van der Waals surface area contributed by atoms with Crippen LogP contribution in [0.2, 0.25) is 0 Å². The van der Waals surface area contributed by atoms with Gasteiger partial charge >= 0.3 is 88.1 Å². The number of aromatic hydroxyl groups is 1. The molecule has 0 saturated heterocycles. The number of pyridine rings is 1. The zero-order chi connectivity index (χ0) is 17.5. The molecule has 1 heterocycles. The summed E-state index contributed by atoms with van der Waals surface area (Å²) in [7, 11) is 0. The van der Waals surface area contributed by atoms with Gasteiger partial charge in [-0.05, 0) is 18.2 Å². The molecule has 4 N–H and O–H groups in total. The van der Waals surface area contributed by atoms with E-state index in [0.717, 1.165) is 11.8 Å². The zero-order valence-corrected chi connectivity index (χ0v) is 14.3. The second kappa shape index (κ2) is 8.33. The Bertz CT molecular complexity index is 728. The molecule has 0 radical (unpaired) electrons. The Kier molecular flexibility index (Phi) is 6.78. The van der Waals surface area contributed by atoms with Crippen LogP contribution < -0.4 is 9.67 Å². The molecule has 0 aliphatic heterocycles. The summed E-state index contributed by atoms with van der Waals surface area (Å²) < 4.78 is 28.4. The van der Waals surface area contributed by atoms with Crippen LogP contribution in [0.5, 0.6) is 5.75 Å². The molecule has 1 aromatic heterocycles. The zero-order valence-electron chi connectivity index (χ0n) is 12.4. The average Bonchev–Trinajstić information content (AvgIpc) is 2.49. The van der Waals surface area contributed by atoms with Gasteiger partial charge in [0, 0.05) is 6.20 Å². The summed E-state index contributed by atoms with van der Waals surface area (Å²) in [6, 6.07) is 9.55. The van der Waals surface area contributed by atoms with E-state index >= 15 is 0 Å². The number of anilines is 1. The van der Waals surface area contributed by atoms with Gasteiger partial charge in [0.15, 0.2) is 0 Å². The number of rotatable bonds is 3. The Labute approximate surface area is 136 Å². The monoisotopic (exact) mass is 380 g/mol. The van der Waals surface area contributed by atoms with Crippen LogP contribution in [-0.2, 0) is 8.53 Å². The van der Waals surface area contributed by atoms with Crippen LogP contribution in [0, 0.1) is 0 Å². The molecule has 0 fully saturated rings. The minimum absolute atomic E-state index is 0.00951. The first-order valence-electron chi connectivity index (χ1n) is 6.45. The molecule has 0 aliphatic rings. The van der Waals surface area contributed by atoms with Crippen LogP contribution in [-0.4, -0.2) is 38.4 Å². The Morgan fingerprint density at radius 3 is 2.39 bits per heavy atom. The molecular weight excluding hydrogens is 363 g/mol. The number of phenols is 1. The van der Waals surface area contributed by atoms with Gasteiger partial charge in [0.05, 0.1) is 5.69 Å². The molecule has 7 nitrogen and oxygen atoms in total. The van der Waals surface area contributed by atoms with Crippen molar-refractivity contribution in [1.82, 2.24) is 4.98 Å². The van der Waals surface area contributed by atoms with Crippen LogP contribution in [0.25, 0.3) is 6.08 Å². The van der Waals surface area contributed by atoms with Crippen molar-refractivity contribution in [2.75, 3.05) is 5.32 Å². The first-order chi connectivity index (χ1) is 10.8. The fourth-order valence-electron chi connectivity index (χ4n) is 1.55. The van der Waals surface area contributed by atoms with E-state index in [9.17, 15) is 13.6 Å². The van der Waals surface area contributed by atoms with Crippen LogP contribution in [0.15, 0.2) is 49.2 Å². The summed E-state index contributed by atoms with van der Waals surface area (Å²) in [5, 5.41) is 11.7. The number of phenolic OH excluding ortho intramolecular Hbond substituents is 1.